The fraction of sp³-hybridized carbons (Fsp3) is 0.280. The van der Waals surface area contributed by atoms with Crippen molar-refractivity contribution in [3.05, 3.63) is 65.1 Å². The van der Waals surface area contributed by atoms with Gasteiger partial charge in [0.05, 0.1) is 0 Å². The van der Waals surface area contributed by atoms with Crippen molar-refractivity contribution in [2.24, 2.45) is 0 Å². The van der Waals surface area contributed by atoms with Gasteiger partial charge in [-0.15, -0.1) is 0 Å². The number of ether oxygens (including phenoxy) is 1. The molecule has 3 aromatic rings. The molecule has 0 bridgehead atoms. The predicted molar refractivity (Wildman–Crippen MR) is 122 cm³/mol. The van der Waals surface area contributed by atoms with Crippen LogP contribution < -0.4 is 21.1 Å². The molecule has 2 aliphatic heterocycles. The Morgan fingerprint density at radius 3 is 2.50 bits per heavy atom. The number of hydrogen-bond acceptors (Lipinski definition) is 5. The van der Waals surface area contributed by atoms with E-state index in [1.54, 1.807) is 18.2 Å². The lowest BCUT2D eigenvalue weighted by atomic mass is 9.94. The number of carbonyl (C=O) groups is 1. The molecule has 3 heterocycles. The second-order valence-electron chi connectivity index (χ2n) is 8.47. The van der Waals surface area contributed by atoms with Crippen LogP contribution in [0.25, 0.3) is 22.3 Å². The van der Waals surface area contributed by atoms with Crippen molar-refractivity contribution in [2.75, 3.05) is 25.4 Å². The minimum Gasteiger partial charge on any atom is -0.487 e. The second kappa shape index (κ2) is 8.98. The zero-order valence-electron chi connectivity index (χ0n) is 18.3. The molecule has 1 aromatic heterocycles. The van der Waals surface area contributed by atoms with Gasteiger partial charge in [0.1, 0.15) is 17.7 Å². The summed E-state index contributed by atoms with van der Waals surface area (Å²) in [6.45, 7) is 1.99. The standard InChI is InChI=1S/C25H23F3N4O2/c26-20-12-22(34-15-4-6-30-7-5-15)21(27)11-18(20)19-10-17(24(29)32-23(19)28)13-1-2-16-14(9-13)3-8-31-25(16)33/h1-2,9-12,15,30H,3-8H2,(H2,29,32)(H,31,33). The van der Waals surface area contributed by atoms with Gasteiger partial charge in [-0.1, -0.05) is 12.1 Å². The second-order valence-corrected chi connectivity index (χ2v) is 8.47. The third kappa shape index (κ3) is 4.19. The first-order chi connectivity index (χ1) is 16.4. The molecule has 0 saturated carbocycles. The van der Waals surface area contributed by atoms with Crippen LogP contribution in [0.4, 0.5) is 19.0 Å². The summed E-state index contributed by atoms with van der Waals surface area (Å²) in [5, 5.41) is 5.95. The van der Waals surface area contributed by atoms with Crippen molar-refractivity contribution in [3.63, 3.8) is 0 Å². The third-order valence-corrected chi connectivity index (χ3v) is 6.24. The summed E-state index contributed by atoms with van der Waals surface area (Å²) >= 11 is 0. The molecule has 1 amide bonds. The van der Waals surface area contributed by atoms with E-state index in [9.17, 15) is 13.6 Å². The van der Waals surface area contributed by atoms with Crippen molar-refractivity contribution < 1.29 is 22.7 Å². The molecule has 0 atom stereocenters. The number of anilines is 1. The van der Waals surface area contributed by atoms with Crippen LogP contribution in [-0.2, 0) is 6.42 Å². The highest BCUT2D eigenvalue weighted by Gasteiger charge is 2.23. The Morgan fingerprint density at radius 1 is 0.912 bits per heavy atom. The molecule has 0 aliphatic carbocycles. The number of nitrogens with one attached hydrogen (secondary N) is 2. The van der Waals surface area contributed by atoms with Crippen LogP contribution in [0.3, 0.4) is 0 Å². The summed E-state index contributed by atoms with van der Waals surface area (Å²) in [5.74, 6) is -3.08. The zero-order valence-corrected chi connectivity index (χ0v) is 18.3. The highest BCUT2D eigenvalue weighted by molar-refractivity contribution is 5.97. The number of aromatic nitrogens is 1. The number of nitrogens with two attached hydrogens (primary N) is 1. The van der Waals surface area contributed by atoms with Gasteiger partial charge in [-0.25, -0.2) is 13.8 Å². The number of nitrogen functional groups attached to an aromatic ring is 1. The Kier molecular flexibility index (Phi) is 5.87. The number of pyridine rings is 1. The van der Waals surface area contributed by atoms with Gasteiger partial charge in [0.15, 0.2) is 11.6 Å². The Bertz CT molecular complexity index is 1280. The first-order valence-electron chi connectivity index (χ1n) is 11.1. The molecule has 0 radical (unpaired) electrons. The maximum atomic E-state index is 15.0. The van der Waals surface area contributed by atoms with E-state index in [0.717, 1.165) is 30.8 Å². The molecule has 6 nitrogen and oxygen atoms in total. The summed E-state index contributed by atoms with van der Waals surface area (Å²) in [7, 11) is 0. The van der Waals surface area contributed by atoms with Crippen molar-refractivity contribution in [2.45, 2.75) is 25.4 Å². The molecule has 176 valence electrons. The SMILES string of the molecule is Nc1nc(F)c(-c2cc(F)c(OC3CCNCC3)cc2F)cc1-c1ccc2c(c1)CCNC2=O. The van der Waals surface area contributed by atoms with E-state index in [-0.39, 0.29) is 34.7 Å². The van der Waals surface area contributed by atoms with E-state index in [1.807, 2.05) is 0 Å². The average Bonchev–Trinajstić information content (AvgIpc) is 2.82. The quantitative estimate of drug-likeness (QED) is 0.507. The van der Waals surface area contributed by atoms with E-state index >= 15 is 4.39 Å². The number of piperidine rings is 1. The topological polar surface area (TPSA) is 89.3 Å². The van der Waals surface area contributed by atoms with E-state index in [0.29, 0.717) is 42.5 Å². The molecule has 1 fully saturated rings. The number of benzene rings is 2. The lowest BCUT2D eigenvalue weighted by molar-refractivity contribution is 0.0946. The first kappa shape index (κ1) is 22.2. The Labute approximate surface area is 194 Å². The van der Waals surface area contributed by atoms with Gasteiger partial charge in [-0.3, -0.25) is 4.79 Å². The molecule has 0 spiro atoms. The molecule has 5 rings (SSSR count). The summed E-state index contributed by atoms with van der Waals surface area (Å²) in [6.07, 6.45) is 1.79. The molecule has 4 N–H and O–H groups in total. The van der Waals surface area contributed by atoms with E-state index in [2.05, 4.69) is 15.6 Å². The number of fused-ring (bicyclic) bond motifs is 1. The number of carbonyl (C=O) groups excluding carboxylic acids is 1. The molecule has 2 aromatic carbocycles. The Balaban J connectivity index is 1.52. The first-order valence-corrected chi connectivity index (χ1v) is 11.1. The monoisotopic (exact) mass is 468 g/mol. The molecular formula is C25H23F3N4O2. The van der Waals surface area contributed by atoms with Crippen molar-refractivity contribution >= 4 is 11.7 Å². The number of rotatable bonds is 4. The summed E-state index contributed by atoms with van der Waals surface area (Å²) < 4.78 is 50.3. The van der Waals surface area contributed by atoms with Crippen LogP contribution in [0, 0.1) is 17.6 Å². The van der Waals surface area contributed by atoms with Crippen LogP contribution in [0.1, 0.15) is 28.8 Å². The van der Waals surface area contributed by atoms with Gasteiger partial charge in [-0.05, 0) is 61.7 Å². The van der Waals surface area contributed by atoms with Crippen LogP contribution in [0.15, 0.2) is 36.4 Å². The highest BCUT2D eigenvalue weighted by Crippen LogP contribution is 2.36. The van der Waals surface area contributed by atoms with Crippen molar-refractivity contribution in [3.8, 4) is 28.0 Å². The molecule has 1 saturated heterocycles. The summed E-state index contributed by atoms with van der Waals surface area (Å²) in [5.41, 5.74) is 7.82. The fourth-order valence-electron chi connectivity index (χ4n) is 4.44. The smallest absolute Gasteiger partial charge is 0.251 e. The number of halogens is 3. The van der Waals surface area contributed by atoms with Gasteiger partial charge >= 0.3 is 0 Å². The van der Waals surface area contributed by atoms with Crippen LogP contribution >= 0.6 is 0 Å². The minimum absolute atomic E-state index is 0.0896. The van der Waals surface area contributed by atoms with Gasteiger partial charge in [0.25, 0.3) is 5.91 Å². The lowest BCUT2D eigenvalue weighted by Crippen LogP contribution is -2.34. The molecule has 0 unspecified atom stereocenters. The predicted octanol–water partition coefficient (Wildman–Crippen LogP) is 3.83. The zero-order chi connectivity index (χ0) is 23.8. The molecule has 9 heteroatoms. The van der Waals surface area contributed by atoms with Crippen LogP contribution in [0.5, 0.6) is 5.75 Å². The average molecular weight is 468 g/mol. The van der Waals surface area contributed by atoms with E-state index < -0.39 is 17.6 Å². The normalized spacial score (nSPS) is 16.1. The van der Waals surface area contributed by atoms with Crippen LogP contribution in [0.2, 0.25) is 0 Å². The molecular weight excluding hydrogens is 445 g/mol. The van der Waals surface area contributed by atoms with E-state index in [4.69, 9.17) is 10.5 Å². The maximum Gasteiger partial charge on any atom is 0.251 e. The summed E-state index contributed by atoms with van der Waals surface area (Å²) in [6, 6.07) is 8.34. The summed E-state index contributed by atoms with van der Waals surface area (Å²) in [4.78, 5) is 15.8. The van der Waals surface area contributed by atoms with Crippen LogP contribution in [-0.4, -0.2) is 36.6 Å². The van der Waals surface area contributed by atoms with Crippen molar-refractivity contribution in [1.29, 1.82) is 0 Å². The number of hydrogen-bond donors (Lipinski definition) is 3. The minimum atomic E-state index is -1.01. The maximum absolute atomic E-state index is 15.0. The number of amides is 1. The highest BCUT2D eigenvalue weighted by atomic mass is 19.1. The van der Waals surface area contributed by atoms with Gasteiger partial charge in [-0.2, -0.15) is 4.39 Å². The van der Waals surface area contributed by atoms with Gasteiger partial charge in [0.2, 0.25) is 5.95 Å². The van der Waals surface area contributed by atoms with Crippen molar-refractivity contribution in [1.82, 2.24) is 15.6 Å². The Morgan fingerprint density at radius 2 is 1.71 bits per heavy atom. The van der Waals surface area contributed by atoms with Gasteiger partial charge in [0, 0.05) is 34.9 Å². The molecule has 34 heavy (non-hydrogen) atoms. The lowest BCUT2D eigenvalue weighted by Gasteiger charge is -2.24. The third-order valence-electron chi connectivity index (χ3n) is 6.24. The largest absolute Gasteiger partial charge is 0.487 e. The Hall–Kier alpha value is -3.59. The van der Waals surface area contributed by atoms with E-state index in [1.165, 1.54) is 6.07 Å². The number of nitrogens with zero attached hydrogens (tertiary/aromatic N) is 1. The fourth-order valence-corrected chi connectivity index (χ4v) is 4.44. The molecule has 2 aliphatic rings. The van der Waals surface area contributed by atoms with Gasteiger partial charge < -0.3 is 21.1 Å².